The highest BCUT2D eigenvalue weighted by Crippen LogP contribution is 2.27. The second-order valence-electron chi connectivity index (χ2n) is 3.76. The van der Waals surface area contributed by atoms with Crippen LogP contribution in [0.15, 0.2) is 5.16 Å². The molecule has 13 heavy (non-hydrogen) atoms. The molecule has 0 saturated heterocycles. The number of carboxylic acids is 1. The summed E-state index contributed by atoms with van der Waals surface area (Å²) >= 11 is 0. The normalized spacial score (nSPS) is 27.4. The Morgan fingerprint density at radius 2 is 2.15 bits per heavy atom. The Morgan fingerprint density at radius 1 is 1.46 bits per heavy atom. The van der Waals surface area contributed by atoms with E-state index in [0.717, 1.165) is 18.6 Å². The van der Waals surface area contributed by atoms with Gasteiger partial charge < -0.3 is 9.94 Å². The molecule has 72 valence electrons. The number of nitrogens with zero attached hydrogens (tertiary/aromatic N) is 1. The number of oxime groups is 1. The van der Waals surface area contributed by atoms with Gasteiger partial charge in [0.25, 0.3) is 0 Å². The van der Waals surface area contributed by atoms with Gasteiger partial charge in [0.15, 0.2) is 0 Å². The van der Waals surface area contributed by atoms with Crippen molar-refractivity contribution in [2.24, 2.45) is 11.1 Å². The molecule has 2 saturated carbocycles. The molecule has 1 N–H and O–H groups in total. The van der Waals surface area contributed by atoms with Crippen molar-refractivity contribution < 1.29 is 14.7 Å². The van der Waals surface area contributed by atoms with E-state index in [1.54, 1.807) is 0 Å². The van der Waals surface area contributed by atoms with E-state index in [4.69, 9.17) is 9.94 Å². The first-order valence-corrected chi connectivity index (χ1v) is 4.70. The van der Waals surface area contributed by atoms with E-state index in [1.165, 1.54) is 6.42 Å². The summed E-state index contributed by atoms with van der Waals surface area (Å²) in [5, 5.41) is 12.5. The van der Waals surface area contributed by atoms with Crippen LogP contribution in [0.5, 0.6) is 0 Å². The molecule has 0 unspecified atom stereocenters. The van der Waals surface area contributed by atoms with Crippen molar-refractivity contribution in [2.75, 3.05) is 0 Å². The molecule has 4 heteroatoms. The summed E-state index contributed by atoms with van der Waals surface area (Å²) in [6.45, 7) is 0. The molecular formula is C9H13NO3. The quantitative estimate of drug-likeness (QED) is 0.673. The largest absolute Gasteiger partial charge is 0.481 e. The predicted molar refractivity (Wildman–Crippen MR) is 46.5 cm³/mol. The first-order valence-electron chi connectivity index (χ1n) is 4.70. The Balaban J connectivity index is 1.69. The molecule has 0 amide bonds. The van der Waals surface area contributed by atoms with Gasteiger partial charge in [0.2, 0.25) is 0 Å². The zero-order valence-corrected chi connectivity index (χ0v) is 7.40. The predicted octanol–water partition coefficient (Wildman–Crippen LogP) is 1.41. The standard InChI is InChI=1S/C9H13NO3/c11-9(12)6-4-7(5-6)10-13-8-2-1-3-8/h6,8H,1-5H2,(H,11,12). The topological polar surface area (TPSA) is 58.9 Å². The van der Waals surface area contributed by atoms with Crippen LogP contribution < -0.4 is 0 Å². The van der Waals surface area contributed by atoms with Gasteiger partial charge in [-0.25, -0.2) is 0 Å². The highest BCUT2D eigenvalue weighted by atomic mass is 16.6. The SMILES string of the molecule is O=C(O)C1CC(=NOC2CCC2)C1. The highest BCUT2D eigenvalue weighted by molar-refractivity contribution is 5.97. The van der Waals surface area contributed by atoms with E-state index in [-0.39, 0.29) is 5.92 Å². The lowest BCUT2D eigenvalue weighted by Gasteiger charge is -2.26. The summed E-state index contributed by atoms with van der Waals surface area (Å²) in [6, 6.07) is 0. The lowest BCUT2D eigenvalue weighted by Crippen LogP contribution is -2.31. The van der Waals surface area contributed by atoms with Crippen LogP contribution in [-0.4, -0.2) is 22.9 Å². The summed E-state index contributed by atoms with van der Waals surface area (Å²) < 4.78 is 0. The summed E-state index contributed by atoms with van der Waals surface area (Å²) in [5.41, 5.74) is 0.902. The Kier molecular flexibility index (Phi) is 2.20. The average molecular weight is 183 g/mol. The van der Waals surface area contributed by atoms with Crippen molar-refractivity contribution in [1.82, 2.24) is 0 Å². The highest BCUT2D eigenvalue weighted by Gasteiger charge is 2.32. The van der Waals surface area contributed by atoms with Crippen LogP contribution in [0.3, 0.4) is 0 Å². The summed E-state index contributed by atoms with van der Waals surface area (Å²) in [5.74, 6) is -0.939. The van der Waals surface area contributed by atoms with Crippen LogP contribution in [0.2, 0.25) is 0 Å². The molecule has 0 atom stereocenters. The van der Waals surface area contributed by atoms with E-state index in [9.17, 15) is 4.79 Å². The van der Waals surface area contributed by atoms with Crippen LogP contribution in [0.1, 0.15) is 32.1 Å². The van der Waals surface area contributed by atoms with E-state index < -0.39 is 5.97 Å². The number of aliphatic carboxylic acids is 1. The van der Waals surface area contributed by atoms with Gasteiger partial charge in [0, 0.05) is 12.8 Å². The number of carboxylic acid groups (broad SMARTS) is 1. The second kappa shape index (κ2) is 3.36. The van der Waals surface area contributed by atoms with Gasteiger partial charge in [-0.1, -0.05) is 5.16 Å². The van der Waals surface area contributed by atoms with Crippen molar-refractivity contribution in [3.8, 4) is 0 Å². The molecule has 0 aromatic heterocycles. The minimum Gasteiger partial charge on any atom is -0.481 e. The molecule has 0 aliphatic heterocycles. The van der Waals surface area contributed by atoms with Crippen molar-refractivity contribution in [1.29, 1.82) is 0 Å². The van der Waals surface area contributed by atoms with Crippen molar-refractivity contribution in [3.05, 3.63) is 0 Å². The third-order valence-corrected chi connectivity index (χ3v) is 2.70. The second-order valence-corrected chi connectivity index (χ2v) is 3.76. The van der Waals surface area contributed by atoms with Crippen molar-refractivity contribution >= 4 is 11.7 Å². The maximum atomic E-state index is 10.4. The minimum absolute atomic E-state index is 0.219. The molecule has 0 bridgehead atoms. The van der Waals surface area contributed by atoms with Crippen molar-refractivity contribution in [2.45, 2.75) is 38.2 Å². The molecule has 2 aliphatic carbocycles. The molecule has 0 aromatic rings. The maximum absolute atomic E-state index is 10.4. The lowest BCUT2D eigenvalue weighted by molar-refractivity contribution is -0.142. The van der Waals surface area contributed by atoms with Gasteiger partial charge in [-0.3, -0.25) is 4.79 Å². The number of hydrogen-bond donors (Lipinski definition) is 1. The van der Waals surface area contributed by atoms with Crippen LogP contribution >= 0.6 is 0 Å². The Labute approximate surface area is 76.6 Å². The van der Waals surface area contributed by atoms with Crippen LogP contribution in [0, 0.1) is 5.92 Å². The first kappa shape index (κ1) is 8.53. The zero-order chi connectivity index (χ0) is 9.26. The summed E-state index contributed by atoms with van der Waals surface area (Å²) in [6.07, 6.45) is 4.87. The molecule has 0 aromatic carbocycles. The molecule has 4 nitrogen and oxygen atoms in total. The van der Waals surface area contributed by atoms with Gasteiger partial charge in [0.05, 0.1) is 11.6 Å². The molecule has 0 spiro atoms. The fourth-order valence-electron chi connectivity index (χ4n) is 1.38. The molecule has 2 fully saturated rings. The Bertz CT molecular complexity index is 237. The Morgan fingerprint density at radius 3 is 2.62 bits per heavy atom. The molecule has 2 rings (SSSR count). The molecular weight excluding hydrogens is 170 g/mol. The summed E-state index contributed by atoms with van der Waals surface area (Å²) in [4.78, 5) is 15.6. The van der Waals surface area contributed by atoms with E-state index in [2.05, 4.69) is 5.16 Å². The maximum Gasteiger partial charge on any atom is 0.307 e. The van der Waals surface area contributed by atoms with Crippen LogP contribution in [0.4, 0.5) is 0 Å². The summed E-state index contributed by atoms with van der Waals surface area (Å²) in [7, 11) is 0. The van der Waals surface area contributed by atoms with Gasteiger partial charge in [-0.15, -0.1) is 0 Å². The number of rotatable bonds is 3. The van der Waals surface area contributed by atoms with Crippen molar-refractivity contribution in [3.63, 3.8) is 0 Å². The smallest absolute Gasteiger partial charge is 0.307 e. The fourth-order valence-corrected chi connectivity index (χ4v) is 1.38. The first-order chi connectivity index (χ1) is 6.25. The monoisotopic (exact) mass is 183 g/mol. The van der Waals surface area contributed by atoms with E-state index in [1.807, 2.05) is 0 Å². The van der Waals surface area contributed by atoms with E-state index >= 15 is 0 Å². The minimum atomic E-state index is -0.720. The van der Waals surface area contributed by atoms with Crippen LogP contribution in [-0.2, 0) is 9.63 Å². The van der Waals surface area contributed by atoms with E-state index in [0.29, 0.717) is 18.9 Å². The number of carbonyl (C=O) groups is 1. The number of hydrogen-bond acceptors (Lipinski definition) is 3. The van der Waals surface area contributed by atoms with Gasteiger partial charge in [-0.2, -0.15) is 0 Å². The van der Waals surface area contributed by atoms with Gasteiger partial charge in [-0.05, 0) is 19.3 Å². The van der Waals surface area contributed by atoms with Gasteiger partial charge >= 0.3 is 5.97 Å². The Hall–Kier alpha value is -1.06. The average Bonchev–Trinajstić information content (AvgIpc) is 1.88. The lowest BCUT2D eigenvalue weighted by atomic mass is 9.83. The zero-order valence-electron chi connectivity index (χ0n) is 7.40. The molecule has 0 radical (unpaired) electrons. The fraction of sp³-hybridized carbons (Fsp3) is 0.778. The van der Waals surface area contributed by atoms with Crippen LogP contribution in [0.25, 0.3) is 0 Å². The molecule has 0 heterocycles. The van der Waals surface area contributed by atoms with Gasteiger partial charge in [0.1, 0.15) is 6.10 Å². The third-order valence-electron chi connectivity index (χ3n) is 2.70. The molecule has 2 aliphatic rings. The third kappa shape index (κ3) is 1.82.